The van der Waals surface area contributed by atoms with E-state index in [0.29, 0.717) is 16.7 Å². The number of halogens is 1. The van der Waals surface area contributed by atoms with Crippen LogP contribution < -0.4 is 5.73 Å². The smallest absolute Gasteiger partial charge is 0.296 e. The predicted molar refractivity (Wildman–Crippen MR) is 77.7 cm³/mol. The molecular weight excluding hydrogens is 326 g/mol. The average molecular weight is 340 g/mol. The Morgan fingerprint density at radius 3 is 2.90 bits per heavy atom. The lowest BCUT2D eigenvalue weighted by Gasteiger charge is -2.02. The third-order valence-corrected chi connectivity index (χ3v) is 3.30. The Hall–Kier alpha value is -1.80. The minimum Gasteiger partial charge on any atom is -0.330 e. The van der Waals surface area contributed by atoms with Crippen LogP contribution in [0, 0.1) is 10.1 Å². The van der Waals surface area contributed by atoms with Crippen LogP contribution in [-0.2, 0) is 6.42 Å². The van der Waals surface area contributed by atoms with Crippen molar-refractivity contribution in [2.24, 2.45) is 5.73 Å². The van der Waals surface area contributed by atoms with Gasteiger partial charge >= 0.3 is 0 Å². The highest BCUT2D eigenvalue weighted by Crippen LogP contribution is 2.26. The number of nitrogens with two attached hydrogens (primary N) is 1. The first-order chi connectivity index (χ1) is 9.61. The summed E-state index contributed by atoms with van der Waals surface area (Å²) in [6, 6.07) is 4.82. The summed E-state index contributed by atoms with van der Waals surface area (Å²) < 4.78 is 2.08. The first-order valence-electron chi connectivity index (χ1n) is 6.17. The van der Waals surface area contributed by atoms with E-state index in [1.54, 1.807) is 18.3 Å². The SMILES string of the molecule is NCCCCc1cn(-c2ccc(Br)cc2[N+](=O)[O-])nn1. The molecular formula is C12H14BrN5O2. The van der Waals surface area contributed by atoms with E-state index in [1.807, 2.05) is 0 Å². The quantitative estimate of drug-likeness (QED) is 0.494. The van der Waals surface area contributed by atoms with Gasteiger partial charge in [-0.1, -0.05) is 21.1 Å². The Kier molecular flexibility index (Phi) is 4.80. The Bertz CT molecular complexity index is 614. The largest absolute Gasteiger partial charge is 0.330 e. The Morgan fingerprint density at radius 2 is 2.20 bits per heavy atom. The molecule has 0 aliphatic heterocycles. The monoisotopic (exact) mass is 339 g/mol. The van der Waals surface area contributed by atoms with Crippen molar-refractivity contribution in [1.82, 2.24) is 15.0 Å². The van der Waals surface area contributed by atoms with Gasteiger partial charge in [-0.25, -0.2) is 4.68 Å². The fourth-order valence-electron chi connectivity index (χ4n) is 1.82. The molecule has 0 radical (unpaired) electrons. The number of nitro groups is 1. The van der Waals surface area contributed by atoms with Crippen molar-refractivity contribution < 1.29 is 4.92 Å². The predicted octanol–water partition coefficient (Wildman–Crippen LogP) is 2.22. The second-order valence-corrected chi connectivity index (χ2v) is 5.21. The van der Waals surface area contributed by atoms with Crippen LogP contribution in [0.1, 0.15) is 18.5 Å². The molecule has 0 aliphatic rings. The van der Waals surface area contributed by atoms with Gasteiger partial charge in [0.25, 0.3) is 5.69 Å². The summed E-state index contributed by atoms with van der Waals surface area (Å²) in [5, 5.41) is 19.1. The Balaban J connectivity index is 2.25. The fourth-order valence-corrected chi connectivity index (χ4v) is 2.17. The van der Waals surface area contributed by atoms with Crippen molar-refractivity contribution >= 4 is 21.6 Å². The first-order valence-corrected chi connectivity index (χ1v) is 6.96. The van der Waals surface area contributed by atoms with Gasteiger partial charge in [-0.05, 0) is 37.9 Å². The van der Waals surface area contributed by atoms with Crippen molar-refractivity contribution in [3.05, 3.63) is 44.7 Å². The summed E-state index contributed by atoms with van der Waals surface area (Å²) in [7, 11) is 0. The molecule has 106 valence electrons. The lowest BCUT2D eigenvalue weighted by Crippen LogP contribution is -2.01. The molecule has 1 aromatic heterocycles. The third-order valence-electron chi connectivity index (χ3n) is 2.81. The summed E-state index contributed by atoms with van der Waals surface area (Å²) in [6.45, 7) is 0.645. The van der Waals surface area contributed by atoms with Gasteiger partial charge in [0.05, 0.1) is 16.8 Å². The van der Waals surface area contributed by atoms with Crippen LogP contribution in [0.4, 0.5) is 5.69 Å². The molecule has 0 spiro atoms. The van der Waals surface area contributed by atoms with Gasteiger partial charge in [-0.3, -0.25) is 10.1 Å². The number of rotatable bonds is 6. The lowest BCUT2D eigenvalue weighted by molar-refractivity contribution is -0.384. The van der Waals surface area contributed by atoms with Crippen LogP contribution in [-0.4, -0.2) is 26.5 Å². The molecule has 1 heterocycles. The molecule has 0 bridgehead atoms. The van der Waals surface area contributed by atoms with Gasteiger partial charge in [0.15, 0.2) is 0 Å². The highest BCUT2D eigenvalue weighted by molar-refractivity contribution is 9.10. The van der Waals surface area contributed by atoms with Gasteiger partial charge in [-0.2, -0.15) is 0 Å². The van der Waals surface area contributed by atoms with E-state index >= 15 is 0 Å². The maximum Gasteiger partial charge on any atom is 0.296 e. The van der Waals surface area contributed by atoms with Crippen LogP contribution in [0.2, 0.25) is 0 Å². The van der Waals surface area contributed by atoms with Crippen molar-refractivity contribution in [3.8, 4) is 5.69 Å². The van der Waals surface area contributed by atoms with Crippen molar-refractivity contribution in [1.29, 1.82) is 0 Å². The molecule has 2 rings (SSSR count). The second kappa shape index (κ2) is 6.58. The first kappa shape index (κ1) is 14.6. The zero-order valence-electron chi connectivity index (χ0n) is 10.7. The van der Waals surface area contributed by atoms with E-state index < -0.39 is 4.92 Å². The molecule has 0 saturated heterocycles. The molecule has 0 amide bonds. The molecule has 0 aliphatic carbocycles. The van der Waals surface area contributed by atoms with E-state index in [9.17, 15) is 10.1 Å². The van der Waals surface area contributed by atoms with Crippen LogP contribution in [0.5, 0.6) is 0 Å². The van der Waals surface area contributed by atoms with Crippen molar-refractivity contribution in [2.45, 2.75) is 19.3 Å². The van der Waals surface area contributed by atoms with Crippen LogP contribution in [0.15, 0.2) is 28.9 Å². The van der Waals surface area contributed by atoms with Crippen molar-refractivity contribution in [2.75, 3.05) is 6.54 Å². The van der Waals surface area contributed by atoms with Crippen LogP contribution in [0.25, 0.3) is 5.69 Å². The number of nitrogens with zero attached hydrogens (tertiary/aromatic N) is 4. The number of nitro benzene ring substituents is 1. The molecule has 7 nitrogen and oxygen atoms in total. The van der Waals surface area contributed by atoms with Gasteiger partial charge in [0.2, 0.25) is 0 Å². The highest BCUT2D eigenvalue weighted by Gasteiger charge is 2.17. The Labute approximate surface area is 124 Å². The summed E-state index contributed by atoms with van der Waals surface area (Å²) in [5.41, 5.74) is 6.62. The standard InChI is InChI=1S/C12H14BrN5O2/c13-9-4-5-11(12(7-9)18(19)20)17-8-10(15-16-17)3-1-2-6-14/h4-5,7-8H,1-3,6,14H2. The summed E-state index contributed by atoms with van der Waals surface area (Å²) in [4.78, 5) is 10.6. The molecule has 0 fully saturated rings. The van der Waals surface area contributed by atoms with Crippen LogP contribution >= 0.6 is 15.9 Å². The van der Waals surface area contributed by atoms with E-state index in [2.05, 4.69) is 26.2 Å². The van der Waals surface area contributed by atoms with Gasteiger partial charge in [-0.15, -0.1) is 5.10 Å². The number of hydrogen-bond acceptors (Lipinski definition) is 5. The summed E-state index contributed by atoms with van der Waals surface area (Å²) in [5.74, 6) is 0. The maximum atomic E-state index is 11.1. The normalized spacial score (nSPS) is 10.7. The van der Waals surface area contributed by atoms with Gasteiger partial charge < -0.3 is 5.73 Å². The fraction of sp³-hybridized carbons (Fsp3) is 0.333. The molecule has 2 aromatic rings. The van der Waals surface area contributed by atoms with E-state index in [4.69, 9.17) is 5.73 Å². The van der Waals surface area contributed by atoms with Gasteiger partial charge in [0.1, 0.15) is 5.69 Å². The van der Waals surface area contributed by atoms with E-state index in [1.165, 1.54) is 10.7 Å². The topological polar surface area (TPSA) is 99.9 Å². The minimum atomic E-state index is -0.435. The highest BCUT2D eigenvalue weighted by atomic mass is 79.9. The lowest BCUT2D eigenvalue weighted by atomic mass is 10.2. The molecule has 0 saturated carbocycles. The number of aryl methyl sites for hydroxylation is 1. The van der Waals surface area contributed by atoms with Crippen LogP contribution in [0.3, 0.4) is 0 Å². The number of aromatic nitrogens is 3. The summed E-state index contributed by atoms with van der Waals surface area (Å²) >= 11 is 3.22. The third kappa shape index (κ3) is 3.40. The molecule has 8 heteroatoms. The van der Waals surface area contributed by atoms with E-state index in [-0.39, 0.29) is 5.69 Å². The maximum absolute atomic E-state index is 11.1. The van der Waals surface area contributed by atoms with E-state index in [0.717, 1.165) is 25.0 Å². The zero-order chi connectivity index (χ0) is 14.5. The number of unbranched alkanes of at least 4 members (excludes halogenated alkanes) is 1. The van der Waals surface area contributed by atoms with Crippen molar-refractivity contribution in [3.63, 3.8) is 0 Å². The zero-order valence-corrected chi connectivity index (χ0v) is 12.3. The summed E-state index contributed by atoms with van der Waals surface area (Å²) in [6.07, 6.45) is 4.33. The molecule has 0 atom stereocenters. The number of benzene rings is 1. The molecule has 20 heavy (non-hydrogen) atoms. The molecule has 2 N–H and O–H groups in total. The molecule has 0 unspecified atom stereocenters. The van der Waals surface area contributed by atoms with Gasteiger partial charge in [0, 0.05) is 10.5 Å². The average Bonchev–Trinajstić information content (AvgIpc) is 2.87. The molecule has 1 aromatic carbocycles. The second-order valence-electron chi connectivity index (χ2n) is 4.29. The minimum absolute atomic E-state index is 0.0159. The number of hydrogen-bond donors (Lipinski definition) is 1. The Morgan fingerprint density at radius 1 is 1.40 bits per heavy atom.